The molecule has 6 nitrogen and oxygen atoms in total. The van der Waals surface area contributed by atoms with E-state index < -0.39 is 11.5 Å². The highest BCUT2D eigenvalue weighted by Crippen LogP contribution is 2.19. The molecule has 0 fully saturated rings. The smallest absolute Gasteiger partial charge is 0.278 e. The maximum atomic E-state index is 13.1. The first-order chi connectivity index (χ1) is 8.11. The summed E-state index contributed by atoms with van der Waals surface area (Å²) < 4.78 is 15.5. The second kappa shape index (κ2) is 4.31. The summed E-state index contributed by atoms with van der Waals surface area (Å²) in [5.41, 5.74) is -0.245. The molecular weight excluding hydrogens is 245 g/mol. The van der Waals surface area contributed by atoms with Gasteiger partial charge in [-0.3, -0.25) is 9.17 Å². The van der Waals surface area contributed by atoms with Gasteiger partial charge in [0.2, 0.25) is 11.9 Å². The molecule has 8 heteroatoms. The van der Waals surface area contributed by atoms with E-state index in [4.69, 9.17) is 5.26 Å². The van der Waals surface area contributed by atoms with Crippen molar-refractivity contribution in [2.24, 2.45) is 0 Å². The number of rotatable bonds is 2. The Labute approximate surface area is 98.9 Å². The maximum Gasteiger partial charge on any atom is 0.278 e. The molecule has 2 rings (SSSR count). The molecule has 0 saturated heterocycles. The molecule has 0 bridgehead atoms. The number of aromatic amines is 1. The van der Waals surface area contributed by atoms with Gasteiger partial charge in [0.15, 0.2) is 5.56 Å². The Morgan fingerprint density at radius 2 is 2.41 bits per heavy atom. The molecule has 0 amide bonds. The normalized spacial score (nSPS) is 9.94. The summed E-state index contributed by atoms with van der Waals surface area (Å²) in [5.74, 6) is -0.649. The molecule has 0 aliphatic carbocycles. The van der Waals surface area contributed by atoms with Gasteiger partial charge >= 0.3 is 0 Å². The van der Waals surface area contributed by atoms with Crippen molar-refractivity contribution in [2.75, 3.05) is 5.32 Å². The van der Waals surface area contributed by atoms with Gasteiger partial charge in [-0.2, -0.15) is 14.6 Å². The molecule has 0 radical (unpaired) electrons. The van der Waals surface area contributed by atoms with Crippen LogP contribution in [-0.2, 0) is 0 Å². The van der Waals surface area contributed by atoms with Crippen LogP contribution in [0.3, 0.4) is 0 Å². The predicted octanol–water partition coefficient (Wildman–Crippen LogP) is 1.29. The van der Waals surface area contributed by atoms with Gasteiger partial charge in [-0.05, 0) is 18.5 Å². The quantitative estimate of drug-likeness (QED) is 0.784. The third-order valence-electron chi connectivity index (χ3n) is 1.95. The van der Waals surface area contributed by atoms with Crippen LogP contribution in [0.4, 0.5) is 15.3 Å². The first-order valence-electron chi connectivity index (χ1n) is 4.49. The second-order valence-corrected chi connectivity index (χ2v) is 3.96. The Morgan fingerprint density at radius 1 is 1.65 bits per heavy atom. The Bertz CT molecular complexity index is 656. The van der Waals surface area contributed by atoms with E-state index in [0.29, 0.717) is 5.56 Å². The molecule has 86 valence electrons. The zero-order valence-corrected chi connectivity index (χ0v) is 9.43. The average molecular weight is 251 g/mol. The van der Waals surface area contributed by atoms with E-state index in [1.165, 1.54) is 13.1 Å². The van der Waals surface area contributed by atoms with Gasteiger partial charge in [-0.15, -0.1) is 0 Å². The predicted molar refractivity (Wildman–Crippen MR) is 59.7 cm³/mol. The Kier molecular flexibility index (Phi) is 2.84. The van der Waals surface area contributed by atoms with Gasteiger partial charge in [0.25, 0.3) is 5.56 Å². The molecule has 0 aromatic carbocycles. The maximum absolute atomic E-state index is 13.1. The number of H-pyrrole nitrogens is 1. The zero-order valence-electron chi connectivity index (χ0n) is 8.61. The van der Waals surface area contributed by atoms with Crippen molar-refractivity contribution >= 4 is 22.5 Å². The summed E-state index contributed by atoms with van der Waals surface area (Å²) in [6.07, 6.45) is 1.31. The minimum absolute atomic E-state index is 0.000139. The van der Waals surface area contributed by atoms with Crippen LogP contribution in [0, 0.1) is 24.2 Å². The van der Waals surface area contributed by atoms with E-state index in [1.807, 2.05) is 0 Å². The standard InChI is InChI=1S/C9H6FN5OS/c1-4-3-12-9(13-6(4)10)14-8-5(2-11)7(16)15-17-8/h3H,1H3,(H,15,16)(H,12,13,14). The fourth-order valence-electron chi connectivity index (χ4n) is 1.08. The van der Waals surface area contributed by atoms with Crippen LogP contribution in [0.15, 0.2) is 11.0 Å². The van der Waals surface area contributed by atoms with E-state index in [2.05, 4.69) is 19.7 Å². The minimum atomic E-state index is -0.649. The van der Waals surface area contributed by atoms with E-state index in [-0.39, 0.29) is 16.5 Å². The Hall–Kier alpha value is -2.27. The summed E-state index contributed by atoms with van der Waals surface area (Å²) in [5, 5.41) is 11.6. The van der Waals surface area contributed by atoms with Crippen molar-refractivity contribution in [3.63, 3.8) is 0 Å². The molecule has 2 N–H and O–H groups in total. The van der Waals surface area contributed by atoms with Gasteiger partial charge < -0.3 is 5.32 Å². The number of aromatic nitrogens is 3. The van der Waals surface area contributed by atoms with Crippen molar-refractivity contribution in [2.45, 2.75) is 6.92 Å². The van der Waals surface area contributed by atoms with Crippen LogP contribution in [-0.4, -0.2) is 14.3 Å². The summed E-state index contributed by atoms with van der Waals surface area (Å²) in [7, 11) is 0. The van der Waals surface area contributed by atoms with Crippen molar-refractivity contribution < 1.29 is 4.39 Å². The fraction of sp³-hybridized carbons (Fsp3) is 0.111. The van der Waals surface area contributed by atoms with Crippen molar-refractivity contribution in [3.05, 3.63) is 33.6 Å². The van der Waals surface area contributed by atoms with Gasteiger partial charge in [-0.1, -0.05) is 0 Å². The molecule has 2 aromatic rings. The van der Waals surface area contributed by atoms with E-state index in [1.54, 1.807) is 6.07 Å². The number of halogens is 1. The van der Waals surface area contributed by atoms with Gasteiger partial charge in [0.1, 0.15) is 11.1 Å². The lowest BCUT2D eigenvalue weighted by Gasteiger charge is -2.02. The number of nitriles is 1. The topological polar surface area (TPSA) is 94.5 Å². The monoisotopic (exact) mass is 251 g/mol. The highest BCUT2D eigenvalue weighted by atomic mass is 32.1. The number of anilines is 2. The molecular formula is C9H6FN5OS. The van der Waals surface area contributed by atoms with Gasteiger partial charge in [-0.25, -0.2) is 4.98 Å². The fourth-order valence-corrected chi connectivity index (χ4v) is 1.75. The molecule has 2 heterocycles. The molecule has 0 aliphatic heterocycles. The largest absolute Gasteiger partial charge is 0.313 e. The molecule has 17 heavy (non-hydrogen) atoms. The zero-order chi connectivity index (χ0) is 12.4. The summed E-state index contributed by atoms with van der Waals surface area (Å²) in [4.78, 5) is 18.5. The lowest BCUT2D eigenvalue weighted by molar-refractivity contribution is 0.572. The summed E-state index contributed by atoms with van der Waals surface area (Å²) >= 11 is 0.932. The summed E-state index contributed by atoms with van der Waals surface area (Å²) in [6, 6.07) is 1.74. The SMILES string of the molecule is Cc1cnc(Nc2s[nH]c(=O)c2C#N)nc1F. The van der Waals surface area contributed by atoms with E-state index in [9.17, 15) is 9.18 Å². The van der Waals surface area contributed by atoms with Crippen LogP contribution < -0.4 is 10.9 Å². The molecule has 0 unspecified atom stereocenters. The first-order valence-corrected chi connectivity index (χ1v) is 5.31. The summed E-state index contributed by atoms with van der Waals surface area (Å²) in [6.45, 7) is 1.54. The third-order valence-corrected chi connectivity index (χ3v) is 2.74. The minimum Gasteiger partial charge on any atom is -0.313 e. The number of hydrogen-bond acceptors (Lipinski definition) is 6. The van der Waals surface area contributed by atoms with Crippen LogP contribution >= 0.6 is 11.5 Å². The van der Waals surface area contributed by atoms with Crippen molar-refractivity contribution in [3.8, 4) is 6.07 Å². The Morgan fingerprint density at radius 3 is 3.06 bits per heavy atom. The van der Waals surface area contributed by atoms with Crippen LogP contribution in [0.1, 0.15) is 11.1 Å². The van der Waals surface area contributed by atoms with Crippen LogP contribution in [0.2, 0.25) is 0 Å². The number of hydrogen-bond donors (Lipinski definition) is 2. The number of nitrogens with zero attached hydrogens (tertiary/aromatic N) is 3. The lowest BCUT2D eigenvalue weighted by Crippen LogP contribution is -2.04. The molecule has 0 aliphatic rings. The van der Waals surface area contributed by atoms with E-state index in [0.717, 1.165) is 11.5 Å². The second-order valence-electron chi connectivity index (χ2n) is 3.14. The van der Waals surface area contributed by atoms with Crippen molar-refractivity contribution in [1.82, 2.24) is 14.3 Å². The van der Waals surface area contributed by atoms with E-state index >= 15 is 0 Å². The Balaban J connectivity index is 2.35. The highest BCUT2D eigenvalue weighted by molar-refractivity contribution is 7.10. The van der Waals surface area contributed by atoms with Crippen LogP contribution in [0.25, 0.3) is 0 Å². The molecule has 2 aromatic heterocycles. The highest BCUT2D eigenvalue weighted by Gasteiger charge is 2.11. The van der Waals surface area contributed by atoms with Crippen molar-refractivity contribution in [1.29, 1.82) is 5.26 Å². The first kappa shape index (κ1) is 11.2. The average Bonchev–Trinajstić information content (AvgIpc) is 2.64. The van der Waals surface area contributed by atoms with Gasteiger partial charge in [0.05, 0.1) is 0 Å². The number of nitrogens with one attached hydrogen (secondary N) is 2. The third kappa shape index (κ3) is 2.14. The molecule has 0 atom stereocenters. The van der Waals surface area contributed by atoms with Crippen LogP contribution in [0.5, 0.6) is 0 Å². The molecule has 0 spiro atoms. The van der Waals surface area contributed by atoms with Gasteiger partial charge in [0, 0.05) is 11.8 Å². The molecule has 0 saturated carbocycles. The lowest BCUT2D eigenvalue weighted by atomic mass is 10.4. The number of aryl methyl sites for hydroxylation is 1.